The van der Waals surface area contributed by atoms with Crippen molar-refractivity contribution in [1.29, 1.82) is 0 Å². The van der Waals surface area contributed by atoms with E-state index in [4.69, 9.17) is 16.3 Å². The fraction of sp³-hybridized carbons (Fsp3) is 0.700. The largest absolute Gasteiger partial charge is 0.380 e. The zero-order chi connectivity index (χ0) is 12.7. The highest BCUT2D eigenvalue weighted by Crippen LogP contribution is 2.12. The fourth-order valence-electron chi connectivity index (χ4n) is 1.19. The molecule has 0 aliphatic carbocycles. The first kappa shape index (κ1) is 13.9. The number of hydrogen-bond donors (Lipinski definition) is 1. The highest BCUT2D eigenvalue weighted by atomic mass is 35.5. The number of halogens is 1. The van der Waals surface area contributed by atoms with Crippen LogP contribution in [0.2, 0.25) is 5.28 Å². The molecule has 0 fully saturated rings. The van der Waals surface area contributed by atoms with E-state index in [0.717, 1.165) is 6.54 Å². The zero-order valence-electron chi connectivity index (χ0n) is 10.4. The molecule has 6 nitrogen and oxygen atoms in total. The average Bonchev–Trinajstić information content (AvgIpc) is 2.29. The van der Waals surface area contributed by atoms with Crippen molar-refractivity contribution in [3.63, 3.8) is 0 Å². The topological polar surface area (TPSA) is 63.2 Å². The van der Waals surface area contributed by atoms with E-state index in [2.05, 4.69) is 20.3 Å². The van der Waals surface area contributed by atoms with E-state index < -0.39 is 0 Å². The van der Waals surface area contributed by atoms with Gasteiger partial charge in [-0.3, -0.25) is 0 Å². The summed E-state index contributed by atoms with van der Waals surface area (Å²) in [6.07, 6.45) is 0. The minimum absolute atomic E-state index is 0.189. The van der Waals surface area contributed by atoms with Gasteiger partial charge in [0.2, 0.25) is 17.2 Å². The Balaban J connectivity index is 2.67. The molecule has 17 heavy (non-hydrogen) atoms. The summed E-state index contributed by atoms with van der Waals surface area (Å²) >= 11 is 5.83. The summed E-state index contributed by atoms with van der Waals surface area (Å²) < 4.78 is 5.27. The Labute approximate surface area is 106 Å². The smallest absolute Gasteiger partial charge is 0.231 e. The molecular formula is C10H18ClN5O. The van der Waals surface area contributed by atoms with Crippen LogP contribution in [-0.4, -0.2) is 48.3 Å². The van der Waals surface area contributed by atoms with Crippen LogP contribution in [0.15, 0.2) is 0 Å². The van der Waals surface area contributed by atoms with E-state index in [1.54, 1.807) is 0 Å². The molecule has 0 spiro atoms. The third-order valence-electron chi connectivity index (χ3n) is 2.05. The number of aromatic nitrogens is 3. The lowest BCUT2D eigenvalue weighted by molar-refractivity contribution is 0.154. The first-order chi connectivity index (χ1) is 8.17. The van der Waals surface area contributed by atoms with Crippen LogP contribution in [0.4, 0.5) is 11.9 Å². The molecule has 0 aliphatic heterocycles. The Hall–Kier alpha value is -1.14. The number of ether oxygens (including phenoxy) is 1. The second kappa shape index (κ2) is 7.24. The molecule has 0 unspecified atom stereocenters. The monoisotopic (exact) mass is 259 g/mol. The van der Waals surface area contributed by atoms with Crippen LogP contribution in [-0.2, 0) is 4.74 Å². The summed E-state index contributed by atoms with van der Waals surface area (Å²) in [6, 6.07) is 0. The van der Waals surface area contributed by atoms with Gasteiger partial charge >= 0.3 is 0 Å². The minimum Gasteiger partial charge on any atom is -0.380 e. The number of nitrogens with zero attached hydrogens (tertiary/aromatic N) is 4. The Kier molecular flexibility index (Phi) is 5.93. The van der Waals surface area contributed by atoms with Gasteiger partial charge in [0.25, 0.3) is 0 Å². The summed E-state index contributed by atoms with van der Waals surface area (Å²) in [5.41, 5.74) is 0. The number of anilines is 2. The van der Waals surface area contributed by atoms with Crippen molar-refractivity contribution in [3.8, 4) is 0 Å². The first-order valence-corrected chi connectivity index (χ1v) is 5.99. The Morgan fingerprint density at radius 1 is 1.29 bits per heavy atom. The van der Waals surface area contributed by atoms with Crippen molar-refractivity contribution >= 4 is 23.5 Å². The fourth-order valence-corrected chi connectivity index (χ4v) is 1.35. The van der Waals surface area contributed by atoms with Gasteiger partial charge in [0.1, 0.15) is 0 Å². The SMILES string of the molecule is CCNc1nc(Cl)nc(N(C)CCOCC)n1. The maximum atomic E-state index is 5.83. The summed E-state index contributed by atoms with van der Waals surface area (Å²) in [7, 11) is 1.89. The first-order valence-electron chi connectivity index (χ1n) is 5.61. The minimum atomic E-state index is 0.189. The predicted molar refractivity (Wildman–Crippen MR) is 68.8 cm³/mol. The summed E-state index contributed by atoms with van der Waals surface area (Å²) in [4.78, 5) is 14.2. The molecule has 1 rings (SSSR count). The van der Waals surface area contributed by atoms with Gasteiger partial charge in [-0.25, -0.2) is 0 Å². The normalized spacial score (nSPS) is 10.4. The third-order valence-corrected chi connectivity index (χ3v) is 2.22. The van der Waals surface area contributed by atoms with E-state index in [0.29, 0.717) is 31.7 Å². The molecule has 1 N–H and O–H groups in total. The van der Waals surface area contributed by atoms with Crippen LogP contribution in [0.3, 0.4) is 0 Å². The molecule has 1 aromatic heterocycles. The molecule has 0 aromatic carbocycles. The molecular weight excluding hydrogens is 242 g/mol. The van der Waals surface area contributed by atoms with Crippen molar-refractivity contribution in [2.24, 2.45) is 0 Å². The number of likely N-dealkylation sites (N-methyl/N-ethyl adjacent to an activating group) is 1. The van der Waals surface area contributed by atoms with E-state index >= 15 is 0 Å². The van der Waals surface area contributed by atoms with Gasteiger partial charge in [0.05, 0.1) is 6.61 Å². The van der Waals surface area contributed by atoms with Crippen molar-refractivity contribution in [1.82, 2.24) is 15.0 Å². The van der Waals surface area contributed by atoms with E-state index in [-0.39, 0.29) is 5.28 Å². The van der Waals surface area contributed by atoms with Gasteiger partial charge in [-0.2, -0.15) is 15.0 Å². The summed E-state index contributed by atoms with van der Waals surface area (Å²) in [5, 5.41) is 3.20. The van der Waals surface area contributed by atoms with Crippen LogP contribution in [0.5, 0.6) is 0 Å². The van der Waals surface area contributed by atoms with E-state index in [1.807, 2.05) is 25.8 Å². The van der Waals surface area contributed by atoms with E-state index in [1.165, 1.54) is 0 Å². The summed E-state index contributed by atoms with van der Waals surface area (Å²) in [5.74, 6) is 1.03. The quantitative estimate of drug-likeness (QED) is 0.748. The molecule has 0 amide bonds. The number of nitrogens with one attached hydrogen (secondary N) is 1. The third kappa shape index (κ3) is 4.70. The zero-order valence-corrected chi connectivity index (χ0v) is 11.2. The highest BCUT2D eigenvalue weighted by Gasteiger charge is 2.08. The van der Waals surface area contributed by atoms with E-state index in [9.17, 15) is 0 Å². The number of rotatable bonds is 7. The van der Waals surface area contributed by atoms with Crippen molar-refractivity contribution in [2.75, 3.05) is 43.6 Å². The molecule has 0 bridgehead atoms. The van der Waals surface area contributed by atoms with Gasteiger partial charge in [0.15, 0.2) is 0 Å². The number of hydrogen-bond acceptors (Lipinski definition) is 6. The van der Waals surface area contributed by atoms with Crippen molar-refractivity contribution in [3.05, 3.63) is 5.28 Å². The Morgan fingerprint density at radius 3 is 2.71 bits per heavy atom. The van der Waals surface area contributed by atoms with Gasteiger partial charge < -0.3 is 15.0 Å². The van der Waals surface area contributed by atoms with Gasteiger partial charge in [-0.05, 0) is 25.4 Å². The van der Waals surface area contributed by atoms with Crippen LogP contribution >= 0.6 is 11.6 Å². The maximum absolute atomic E-state index is 5.83. The lowest BCUT2D eigenvalue weighted by Crippen LogP contribution is -2.25. The molecule has 0 saturated carbocycles. The molecule has 96 valence electrons. The van der Waals surface area contributed by atoms with Gasteiger partial charge in [-0.1, -0.05) is 0 Å². The Morgan fingerprint density at radius 2 is 2.06 bits per heavy atom. The van der Waals surface area contributed by atoms with Crippen LogP contribution in [0.25, 0.3) is 0 Å². The van der Waals surface area contributed by atoms with Crippen LogP contribution in [0, 0.1) is 0 Å². The van der Waals surface area contributed by atoms with Gasteiger partial charge in [0, 0.05) is 26.7 Å². The molecule has 0 radical (unpaired) electrons. The second-order valence-electron chi connectivity index (χ2n) is 3.38. The molecule has 1 heterocycles. The molecule has 1 aromatic rings. The summed E-state index contributed by atoms with van der Waals surface area (Å²) in [6.45, 7) is 6.71. The predicted octanol–water partition coefficient (Wildman–Crippen LogP) is 1.43. The second-order valence-corrected chi connectivity index (χ2v) is 3.71. The molecule has 7 heteroatoms. The van der Waals surface area contributed by atoms with Crippen LogP contribution < -0.4 is 10.2 Å². The molecule has 0 atom stereocenters. The van der Waals surface area contributed by atoms with Crippen molar-refractivity contribution in [2.45, 2.75) is 13.8 Å². The molecule has 0 saturated heterocycles. The standard InChI is InChI=1S/C10H18ClN5O/c1-4-12-9-13-8(11)14-10(15-9)16(3)6-7-17-5-2/h4-7H2,1-3H3,(H,12,13,14,15). The molecule has 0 aliphatic rings. The van der Waals surface area contributed by atoms with Crippen molar-refractivity contribution < 1.29 is 4.74 Å². The highest BCUT2D eigenvalue weighted by molar-refractivity contribution is 6.28. The van der Waals surface area contributed by atoms with Crippen LogP contribution in [0.1, 0.15) is 13.8 Å². The Bertz CT molecular complexity index is 349. The maximum Gasteiger partial charge on any atom is 0.231 e. The lowest BCUT2D eigenvalue weighted by Gasteiger charge is -2.17. The van der Waals surface area contributed by atoms with Gasteiger partial charge in [-0.15, -0.1) is 0 Å². The lowest BCUT2D eigenvalue weighted by atomic mass is 10.6. The average molecular weight is 260 g/mol.